The van der Waals surface area contributed by atoms with E-state index in [0.717, 1.165) is 11.3 Å². The lowest BCUT2D eigenvalue weighted by molar-refractivity contribution is -0.0482. The average Bonchev–Trinajstić information content (AvgIpc) is 2.41. The molecule has 0 aromatic heterocycles. The van der Waals surface area contributed by atoms with Crippen LogP contribution in [-0.2, 0) is 4.74 Å². The van der Waals surface area contributed by atoms with Crippen LogP contribution in [-0.4, -0.2) is 37.1 Å². The number of ether oxygens (including phenoxy) is 2. The van der Waals surface area contributed by atoms with E-state index in [-0.39, 0.29) is 11.6 Å². The number of hydrogen-bond donors (Lipinski definition) is 2. The maximum Gasteiger partial charge on any atom is 0.119 e. The predicted octanol–water partition coefficient (Wildman–Crippen LogP) is 2.52. The first-order valence-corrected chi connectivity index (χ1v) is 7.01. The number of hydrogen-bond acceptors (Lipinski definition) is 4. The summed E-state index contributed by atoms with van der Waals surface area (Å²) in [6, 6.07) is 8.07. The summed E-state index contributed by atoms with van der Waals surface area (Å²) >= 11 is 0. The van der Waals surface area contributed by atoms with Crippen molar-refractivity contribution in [3.8, 4) is 5.75 Å². The molecule has 2 atom stereocenters. The van der Waals surface area contributed by atoms with Crippen molar-refractivity contribution < 1.29 is 14.6 Å². The van der Waals surface area contributed by atoms with E-state index in [9.17, 15) is 5.11 Å². The molecule has 0 heterocycles. The molecule has 1 aromatic carbocycles. The Kier molecular flexibility index (Phi) is 6.46. The summed E-state index contributed by atoms with van der Waals surface area (Å²) in [5.74, 6) is 0.841. The van der Waals surface area contributed by atoms with Crippen molar-refractivity contribution >= 4 is 0 Å². The molecule has 0 saturated heterocycles. The second kappa shape index (κ2) is 7.62. The van der Waals surface area contributed by atoms with Crippen LogP contribution in [0.15, 0.2) is 24.3 Å². The molecular formula is C16H27NO3. The molecule has 0 aliphatic heterocycles. The van der Waals surface area contributed by atoms with Gasteiger partial charge in [0.2, 0.25) is 0 Å². The van der Waals surface area contributed by atoms with Gasteiger partial charge in [-0.25, -0.2) is 0 Å². The minimum Gasteiger partial charge on any atom is -0.497 e. The minimum atomic E-state index is -0.512. The lowest BCUT2D eigenvalue weighted by Crippen LogP contribution is -2.34. The van der Waals surface area contributed by atoms with Crippen LogP contribution in [0.5, 0.6) is 5.75 Å². The standard InChI is InChI=1S/C16H27NO3/c1-12(13-7-6-8-15(9-13)19-5)17-10-14(18)11-20-16(2,3)4/h6-9,12,14,17-18H,10-11H2,1-5H3/t12-,14?/m1/s1. The maximum absolute atomic E-state index is 9.90. The molecule has 0 aliphatic carbocycles. The number of aliphatic hydroxyl groups is 1. The highest BCUT2D eigenvalue weighted by atomic mass is 16.5. The zero-order valence-electron chi connectivity index (χ0n) is 13.1. The Bertz CT molecular complexity index is 401. The molecule has 1 aromatic rings. The lowest BCUT2D eigenvalue weighted by Gasteiger charge is -2.23. The van der Waals surface area contributed by atoms with Gasteiger partial charge in [0.15, 0.2) is 0 Å². The molecule has 0 spiro atoms. The van der Waals surface area contributed by atoms with Gasteiger partial charge in [-0.3, -0.25) is 0 Å². The molecule has 4 nitrogen and oxygen atoms in total. The number of benzene rings is 1. The molecule has 0 fully saturated rings. The summed E-state index contributed by atoms with van der Waals surface area (Å²) in [5, 5.41) is 13.2. The van der Waals surface area contributed by atoms with Crippen molar-refractivity contribution in [2.24, 2.45) is 0 Å². The predicted molar refractivity (Wildman–Crippen MR) is 81.1 cm³/mol. The largest absolute Gasteiger partial charge is 0.497 e. The SMILES string of the molecule is COc1cccc([C@@H](C)NCC(O)COC(C)(C)C)c1. The third-order valence-corrected chi connectivity index (χ3v) is 2.96. The zero-order valence-corrected chi connectivity index (χ0v) is 13.1. The van der Waals surface area contributed by atoms with Crippen molar-refractivity contribution in [2.45, 2.75) is 45.4 Å². The zero-order chi connectivity index (χ0) is 15.2. The molecule has 0 aliphatic rings. The molecule has 4 heteroatoms. The summed E-state index contributed by atoms with van der Waals surface area (Å²) < 4.78 is 10.8. The first-order chi connectivity index (χ1) is 9.31. The Morgan fingerprint density at radius 2 is 2.00 bits per heavy atom. The van der Waals surface area contributed by atoms with Crippen LogP contribution in [0, 0.1) is 0 Å². The fourth-order valence-electron chi connectivity index (χ4n) is 1.75. The Hall–Kier alpha value is -1.10. The van der Waals surface area contributed by atoms with E-state index in [1.807, 2.05) is 45.0 Å². The highest BCUT2D eigenvalue weighted by molar-refractivity contribution is 5.30. The van der Waals surface area contributed by atoms with Crippen molar-refractivity contribution in [3.63, 3.8) is 0 Å². The first-order valence-electron chi connectivity index (χ1n) is 7.01. The van der Waals surface area contributed by atoms with Crippen LogP contribution in [0.1, 0.15) is 39.3 Å². The highest BCUT2D eigenvalue weighted by Gasteiger charge is 2.14. The van der Waals surface area contributed by atoms with E-state index in [4.69, 9.17) is 9.47 Å². The van der Waals surface area contributed by atoms with E-state index in [0.29, 0.717) is 13.2 Å². The molecule has 1 rings (SSSR count). The van der Waals surface area contributed by atoms with Gasteiger partial charge < -0.3 is 19.9 Å². The third-order valence-electron chi connectivity index (χ3n) is 2.96. The van der Waals surface area contributed by atoms with Gasteiger partial charge in [-0.1, -0.05) is 12.1 Å². The molecule has 0 bridgehead atoms. The molecule has 114 valence electrons. The second-order valence-corrected chi connectivity index (χ2v) is 5.98. The van der Waals surface area contributed by atoms with Crippen molar-refractivity contribution in [1.29, 1.82) is 0 Å². The number of rotatable bonds is 7. The number of methoxy groups -OCH3 is 1. The van der Waals surface area contributed by atoms with Gasteiger partial charge in [0, 0.05) is 12.6 Å². The van der Waals surface area contributed by atoms with Gasteiger partial charge in [0.25, 0.3) is 0 Å². The Morgan fingerprint density at radius 3 is 2.60 bits per heavy atom. The van der Waals surface area contributed by atoms with E-state index >= 15 is 0 Å². The summed E-state index contributed by atoms with van der Waals surface area (Å²) in [5.41, 5.74) is 0.910. The third kappa shape index (κ3) is 6.37. The topological polar surface area (TPSA) is 50.7 Å². The van der Waals surface area contributed by atoms with Crippen molar-refractivity contribution in [2.75, 3.05) is 20.3 Å². The lowest BCUT2D eigenvalue weighted by atomic mass is 10.1. The summed E-state index contributed by atoms with van der Waals surface area (Å²) in [4.78, 5) is 0. The molecule has 2 N–H and O–H groups in total. The highest BCUT2D eigenvalue weighted by Crippen LogP contribution is 2.18. The van der Waals surface area contributed by atoms with Crippen LogP contribution in [0.25, 0.3) is 0 Å². The van der Waals surface area contributed by atoms with E-state index < -0.39 is 6.10 Å². The van der Waals surface area contributed by atoms with Crippen molar-refractivity contribution in [1.82, 2.24) is 5.32 Å². The second-order valence-electron chi connectivity index (χ2n) is 5.98. The van der Waals surface area contributed by atoms with Gasteiger partial charge in [-0.2, -0.15) is 0 Å². The van der Waals surface area contributed by atoms with Gasteiger partial charge in [-0.05, 0) is 45.4 Å². The average molecular weight is 281 g/mol. The van der Waals surface area contributed by atoms with Crippen LogP contribution >= 0.6 is 0 Å². The van der Waals surface area contributed by atoms with E-state index in [1.54, 1.807) is 7.11 Å². The Balaban J connectivity index is 2.40. The van der Waals surface area contributed by atoms with Gasteiger partial charge in [-0.15, -0.1) is 0 Å². The molecule has 20 heavy (non-hydrogen) atoms. The Morgan fingerprint density at radius 1 is 1.30 bits per heavy atom. The normalized spacial score (nSPS) is 14.9. The summed E-state index contributed by atoms with van der Waals surface area (Å²) in [7, 11) is 1.66. The van der Waals surface area contributed by atoms with Crippen LogP contribution in [0.3, 0.4) is 0 Å². The Labute approximate surface area is 122 Å². The van der Waals surface area contributed by atoms with E-state index in [2.05, 4.69) is 12.2 Å². The minimum absolute atomic E-state index is 0.148. The van der Waals surface area contributed by atoms with Gasteiger partial charge in [0.1, 0.15) is 5.75 Å². The molecule has 1 unspecified atom stereocenters. The summed E-state index contributed by atoms with van der Waals surface area (Å²) in [6.45, 7) is 8.83. The van der Waals surface area contributed by atoms with Crippen molar-refractivity contribution in [3.05, 3.63) is 29.8 Å². The molecule has 0 amide bonds. The van der Waals surface area contributed by atoms with Gasteiger partial charge in [0.05, 0.1) is 25.4 Å². The smallest absolute Gasteiger partial charge is 0.119 e. The number of aliphatic hydroxyl groups excluding tert-OH is 1. The monoisotopic (exact) mass is 281 g/mol. The van der Waals surface area contributed by atoms with E-state index in [1.165, 1.54) is 0 Å². The van der Waals surface area contributed by atoms with Crippen LogP contribution in [0.4, 0.5) is 0 Å². The molecular weight excluding hydrogens is 254 g/mol. The van der Waals surface area contributed by atoms with Crippen LogP contribution in [0.2, 0.25) is 0 Å². The maximum atomic E-state index is 9.90. The summed E-state index contributed by atoms with van der Waals surface area (Å²) in [6.07, 6.45) is -0.512. The fourth-order valence-corrected chi connectivity index (χ4v) is 1.75. The fraction of sp³-hybridized carbons (Fsp3) is 0.625. The first kappa shape index (κ1) is 17.0. The van der Waals surface area contributed by atoms with Gasteiger partial charge >= 0.3 is 0 Å². The van der Waals surface area contributed by atoms with Crippen LogP contribution < -0.4 is 10.1 Å². The number of nitrogens with one attached hydrogen (secondary N) is 1. The molecule has 0 saturated carbocycles. The molecule has 0 radical (unpaired) electrons. The quantitative estimate of drug-likeness (QED) is 0.806.